The Hall–Kier alpha value is -2.15. The molecule has 2 amide bonds. The number of rotatable bonds is 6. The molecule has 0 spiro atoms. The molecule has 1 N–H and O–H groups in total. The Morgan fingerprint density at radius 2 is 2.42 bits per heavy atom. The summed E-state index contributed by atoms with van der Waals surface area (Å²) in [6.45, 7) is 4.06. The second-order valence-corrected chi connectivity index (χ2v) is 6.92. The third-order valence-electron chi connectivity index (χ3n) is 3.93. The van der Waals surface area contributed by atoms with E-state index in [1.807, 2.05) is 18.3 Å². The van der Waals surface area contributed by atoms with Crippen molar-refractivity contribution in [3.05, 3.63) is 40.6 Å². The number of ether oxygens (including phenoxy) is 1. The second kappa shape index (κ2) is 8.10. The van der Waals surface area contributed by atoms with Crippen molar-refractivity contribution < 1.29 is 9.53 Å². The average Bonchev–Trinajstić information content (AvgIpc) is 3.25. The number of likely N-dealkylation sites (tertiary alicyclic amines) is 1. The SMILES string of the molecule is CCc1cnc(CCNC(=O)N2CCC(Oc3cccnc3)C2)s1. The number of nitrogens with zero attached hydrogens (tertiary/aromatic N) is 3. The summed E-state index contributed by atoms with van der Waals surface area (Å²) in [5, 5.41) is 4.05. The first kappa shape index (κ1) is 16.7. The number of aryl methyl sites for hydroxylation is 1. The fourth-order valence-corrected chi connectivity index (χ4v) is 3.50. The Morgan fingerprint density at radius 1 is 1.50 bits per heavy atom. The summed E-state index contributed by atoms with van der Waals surface area (Å²) in [5.74, 6) is 0.750. The van der Waals surface area contributed by atoms with E-state index in [2.05, 4.69) is 22.2 Å². The van der Waals surface area contributed by atoms with Crippen molar-refractivity contribution in [1.29, 1.82) is 0 Å². The molecule has 128 valence electrons. The molecule has 0 radical (unpaired) electrons. The van der Waals surface area contributed by atoms with Gasteiger partial charge < -0.3 is 15.0 Å². The van der Waals surface area contributed by atoms with Crippen LogP contribution in [0.3, 0.4) is 0 Å². The molecule has 1 aliphatic heterocycles. The lowest BCUT2D eigenvalue weighted by molar-refractivity contribution is 0.187. The third kappa shape index (κ3) is 4.44. The summed E-state index contributed by atoms with van der Waals surface area (Å²) in [7, 11) is 0. The van der Waals surface area contributed by atoms with Gasteiger partial charge in [0.1, 0.15) is 11.9 Å². The van der Waals surface area contributed by atoms with E-state index in [4.69, 9.17) is 4.74 Å². The van der Waals surface area contributed by atoms with Crippen molar-refractivity contribution in [1.82, 2.24) is 20.2 Å². The number of hydrogen-bond acceptors (Lipinski definition) is 5. The van der Waals surface area contributed by atoms with Gasteiger partial charge in [0, 0.05) is 43.2 Å². The number of aromatic nitrogens is 2. The highest BCUT2D eigenvalue weighted by Gasteiger charge is 2.27. The molecule has 1 fully saturated rings. The minimum atomic E-state index is -0.0282. The van der Waals surface area contributed by atoms with E-state index in [1.165, 1.54) is 4.88 Å². The van der Waals surface area contributed by atoms with Gasteiger partial charge in [0.05, 0.1) is 17.7 Å². The number of carbonyl (C=O) groups is 1. The average molecular weight is 346 g/mol. The van der Waals surface area contributed by atoms with Gasteiger partial charge >= 0.3 is 6.03 Å². The number of nitrogens with one attached hydrogen (secondary N) is 1. The molecular formula is C17H22N4O2S. The highest BCUT2D eigenvalue weighted by molar-refractivity contribution is 7.11. The maximum atomic E-state index is 12.2. The zero-order valence-electron chi connectivity index (χ0n) is 13.8. The third-order valence-corrected chi connectivity index (χ3v) is 5.14. The summed E-state index contributed by atoms with van der Waals surface area (Å²) in [5.41, 5.74) is 0. The van der Waals surface area contributed by atoms with Crippen LogP contribution >= 0.6 is 11.3 Å². The molecule has 1 unspecified atom stereocenters. The Kier molecular flexibility index (Phi) is 5.63. The van der Waals surface area contributed by atoms with Crippen molar-refractivity contribution in [3.8, 4) is 5.75 Å². The van der Waals surface area contributed by atoms with E-state index >= 15 is 0 Å². The van der Waals surface area contributed by atoms with Crippen molar-refractivity contribution >= 4 is 17.4 Å². The molecule has 0 aliphatic carbocycles. The van der Waals surface area contributed by atoms with E-state index in [0.29, 0.717) is 19.6 Å². The van der Waals surface area contributed by atoms with Crippen molar-refractivity contribution in [2.45, 2.75) is 32.3 Å². The van der Waals surface area contributed by atoms with Crippen molar-refractivity contribution in [3.63, 3.8) is 0 Å². The van der Waals surface area contributed by atoms with Gasteiger partial charge in [0.2, 0.25) is 0 Å². The standard InChI is InChI=1S/C17H22N4O2S/c1-2-15-11-20-16(24-15)5-8-19-17(22)21-9-6-14(12-21)23-13-4-3-7-18-10-13/h3-4,7,10-11,14H,2,5-6,8-9,12H2,1H3,(H,19,22). The predicted molar refractivity (Wildman–Crippen MR) is 93.4 cm³/mol. The lowest BCUT2D eigenvalue weighted by Gasteiger charge is -2.17. The van der Waals surface area contributed by atoms with Gasteiger partial charge in [-0.3, -0.25) is 4.98 Å². The van der Waals surface area contributed by atoms with Crippen LogP contribution in [-0.2, 0) is 12.8 Å². The Bertz CT molecular complexity index is 662. The van der Waals surface area contributed by atoms with Crippen molar-refractivity contribution in [2.24, 2.45) is 0 Å². The van der Waals surface area contributed by atoms with Crippen LogP contribution in [0, 0.1) is 0 Å². The number of carbonyl (C=O) groups excluding carboxylic acids is 1. The van der Waals surface area contributed by atoms with Gasteiger partial charge in [-0.2, -0.15) is 0 Å². The first-order valence-corrected chi connectivity index (χ1v) is 9.09. The van der Waals surface area contributed by atoms with Crippen LogP contribution in [0.2, 0.25) is 0 Å². The summed E-state index contributed by atoms with van der Waals surface area (Å²) >= 11 is 1.72. The molecule has 3 heterocycles. The fourth-order valence-electron chi connectivity index (χ4n) is 2.63. The molecule has 1 saturated heterocycles. The van der Waals surface area contributed by atoms with E-state index in [9.17, 15) is 4.79 Å². The molecule has 2 aromatic rings. The van der Waals surface area contributed by atoms with Gasteiger partial charge in [0.15, 0.2) is 0 Å². The van der Waals surface area contributed by atoms with Crippen LogP contribution < -0.4 is 10.1 Å². The van der Waals surface area contributed by atoms with Gasteiger partial charge in [-0.05, 0) is 18.6 Å². The predicted octanol–water partition coefficient (Wildman–Crippen LogP) is 2.51. The van der Waals surface area contributed by atoms with Crippen LogP contribution in [0.1, 0.15) is 23.2 Å². The maximum Gasteiger partial charge on any atom is 0.317 e. The van der Waals surface area contributed by atoms with Crippen LogP contribution in [0.15, 0.2) is 30.7 Å². The van der Waals surface area contributed by atoms with Gasteiger partial charge in [0.25, 0.3) is 0 Å². The van der Waals surface area contributed by atoms with Gasteiger partial charge in [-0.25, -0.2) is 9.78 Å². The molecular weight excluding hydrogens is 324 g/mol. The molecule has 24 heavy (non-hydrogen) atoms. The van der Waals surface area contributed by atoms with Gasteiger partial charge in [-0.15, -0.1) is 11.3 Å². The summed E-state index contributed by atoms with van der Waals surface area (Å²) < 4.78 is 5.85. The van der Waals surface area contributed by atoms with Crippen molar-refractivity contribution in [2.75, 3.05) is 19.6 Å². The molecule has 3 rings (SSSR count). The van der Waals surface area contributed by atoms with Crippen LogP contribution in [0.4, 0.5) is 4.79 Å². The molecule has 7 heteroatoms. The molecule has 2 aromatic heterocycles. The van der Waals surface area contributed by atoms with E-state index in [-0.39, 0.29) is 12.1 Å². The van der Waals surface area contributed by atoms with E-state index < -0.39 is 0 Å². The zero-order valence-corrected chi connectivity index (χ0v) is 14.6. The fraction of sp³-hybridized carbons (Fsp3) is 0.471. The second-order valence-electron chi connectivity index (χ2n) is 5.72. The van der Waals surface area contributed by atoms with Crippen LogP contribution in [0.5, 0.6) is 5.75 Å². The molecule has 1 atom stereocenters. The van der Waals surface area contributed by atoms with Crippen LogP contribution in [-0.4, -0.2) is 46.6 Å². The smallest absolute Gasteiger partial charge is 0.317 e. The first-order valence-electron chi connectivity index (χ1n) is 8.27. The molecule has 6 nitrogen and oxygen atoms in total. The minimum Gasteiger partial charge on any atom is -0.487 e. The number of urea groups is 1. The van der Waals surface area contributed by atoms with E-state index in [1.54, 1.807) is 28.6 Å². The summed E-state index contributed by atoms with van der Waals surface area (Å²) in [6, 6.07) is 3.70. The Labute approximate surface area is 145 Å². The zero-order chi connectivity index (χ0) is 16.8. The number of pyridine rings is 1. The highest BCUT2D eigenvalue weighted by Crippen LogP contribution is 2.17. The number of hydrogen-bond donors (Lipinski definition) is 1. The Morgan fingerprint density at radius 3 is 3.17 bits per heavy atom. The molecule has 1 aliphatic rings. The van der Waals surface area contributed by atoms with Gasteiger partial charge in [-0.1, -0.05) is 6.92 Å². The maximum absolute atomic E-state index is 12.2. The first-order chi connectivity index (χ1) is 11.7. The largest absolute Gasteiger partial charge is 0.487 e. The summed E-state index contributed by atoms with van der Waals surface area (Å²) in [4.78, 5) is 23.7. The topological polar surface area (TPSA) is 67.4 Å². The van der Waals surface area contributed by atoms with E-state index in [0.717, 1.165) is 30.0 Å². The molecule has 0 bridgehead atoms. The lowest BCUT2D eigenvalue weighted by Crippen LogP contribution is -2.40. The normalized spacial score (nSPS) is 17.0. The number of amides is 2. The highest BCUT2D eigenvalue weighted by atomic mass is 32.1. The monoisotopic (exact) mass is 346 g/mol. The summed E-state index contributed by atoms with van der Waals surface area (Å²) in [6.07, 6.45) is 7.99. The number of thiazole rings is 1. The minimum absolute atomic E-state index is 0.0282. The molecule has 0 saturated carbocycles. The Balaban J connectivity index is 1.39. The quantitative estimate of drug-likeness (QED) is 0.873. The lowest BCUT2D eigenvalue weighted by atomic mass is 10.3. The molecule has 0 aromatic carbocycles. The van der Waals surface area contributed by atoms with Crippen LogP contribution in [0.25, 0.3) is 0 Å².